The van der Waals surface area contributed by atoms with Gasteiger partial charge in [-0.1, -0.05) is 19.8 Å². The first-order chi connectivity index (χ1) is 10.2. The van der Waals surface area contributed by atoms with Crippen molar-refractivity contribution in [1.82, 2.24) is 9.78 Å². The fraction of sp³-hybridized carbons (Fsp3) is 0.375. The van der Waals surface area contributed by atoms with Crippen LogP contribution in [0.3, 0.4) is 0 Å². The molecule has 0 bridgehead atoms. The molecule has 5 heteroatoms. The lowest BCUT2D eigenvalue weighted by atomic mass is 10.2. The van der Waals surface area contributed by atoms with Crippen LogP contribution in [0.4, 0.5) is 11.5 Å². The number of aliphatic imine (C=N–C) groups is 1. The van der Waals surface area contributed by atoms with E-state index in [0.717, 1.165) is 24.3 Å². The zero-order valence-electron chi connectivity index (χ0n) is 12.6. The summed E-state index contributed by atoms with van der Waals surface area (Å²) >= 11 is 0. The molecule has 1 aromatic heterocycles. The van der Waals surface area contributed by atoms with Crippen molar-refractivity contribution < 1.29 is 4.74 Å². The molecule has 0 spiro atoms. The predicted molar refractivity (Wildman–Crippen MR) is 86.4 cm³/mol. The molecule has 1 heterocycles. The van der Waals surface area contributed by atoms with Crippen LogP contribution in [0.2, 0.25) is 0 Å². The zero-order chi connectivity index (χ0) is 15.1. The van der Waals surface area contributed by atoms with E-state index >= 15 is 0 Å². The van der Waals surface area contributed by atoms with Crippen LogP contribution in [0, 0.1) is 0 Å². The number of rotatable bonds is 7. The van der Waals surface area contributed by atoms with Gasteiger partial charge < -0.3 is 10.5 Å². The van der Waals surface area contributed by atoms with Crippen LogP contribution in [0.25, 0.3) is 0 Å². The lowest BCUT2D eigenvalue weighted by molar-refractivity contribution is 0.415. The molecule has 2 N–H and O–H groups in total. The van der Waals surface area contributed by atoms with E-state index in [-0.39, 0.29) is 0 Å². The van der Waals surface area contributed by atoms with Crippen LogP contribution in [0.5, 0.6) is 5.75 Å². The van der Waals surface area contributed by atoms with Crippen molar-refractivity contribution in [2.24, 2.45) is 4.99 Å². The van der Waals surface area contributed by atoms with E-state index in [1.54, 1.807) is 19.5 Å². The van der Waals surface area contributed by atoms with Crippen LogP contribution >= 0.6 is 0 Å². The Kier molecular flexibility index (Phi) is 5.37. The van der Waals surface area contributed by atoms with Gasteiger partial charge in [-0.25, -0.2) is 4.68 Å². The Morgan fingerprint density at radius 2 is 2.05 bits per heavy atom. The first-order valence-corrected chi connectivity index (χ1v) is 7.24. The third kappa shape index (κ3) is 4.08. The summed E-state index contributed by atoms with van der Waals surface area (Å²) < 4.78 is 6.94. The van der Waals surface area contributed by atoms with E-state index in [1.165, 1.54) is 12.8 Å². The fourth-order valence-corrected chi connectivity index (χ4v) is 2.01. The minimum Gasteiger partial charge on any atom is -0.497 e. The summed E-state index contributed by atoms with van der Waals surface area (Å²) in [4.78, 5) is 4.41. The van der Waals surface area contributed by atoms with Crippen molar-refractivity contribution >= 4 is 17.7 Å². The number of anilines is 1. The van der Waals surface area contributed by atoms with Gasteiger partial charge in [0, 0.05) is 12.8 Å². The van der Waals surface area contributed by atoms with Gasteiger partial charge >= 0.3 is 0 Å². The van der Waals surface area contributed by atoms with Gasteiger partial charge in [0.15, 0.2) is 0 Å². The average Bonchev–Trinajstić information content (AvgIpc) is 2.87. The SMILES string of the molecule is CCCCCn1ncc(/N=C/c2ccc(OC)cc2)c1N. The van der Waals surface area contributed by atoms with Gasteiger partial charge in [-0.2, -0.15) is 5.10 Å². The van der Waals surface area contributed by atoms with Crippen molar-refractivity contribution in [2.75, 3.05) is 12.8 Å². The summed E-state index contributed by atoms with van der Waals surface area (Å²) in [7, 11) is 1.65. The van der Waals surface area contributed by atoms with E-state index in [0.29, 0.717) is 11.5 Å². The number of methoxy groups -OCH3 is 1. The molecule has 112 valence electrons. The van der Waals surface area contributed by atoms with Gasteiger partial charge in [0.2, 0.25) is 0 Å². The number of hydrogen-bond donors (Lipinski definition) is 1. The van der Waals surface area contributed by atoms with E-state index in [4.69, 9.17) is 10.5 Å². The Labute approximate surface area is 125 Å². The molecule has 0 aliphatic carbocycles. The Morgan fingerprint density at radius 3 is 2.71 bits per heavy atom. The van der Waals surface area contributed by atoms with E-state index < -0.39 is 0 Å². The number of aromatic nitrogens is 2. The Bertz CT molecular complexity index is 587. The number of benzene rings is 1. The molecule has 0 amide bonds. The maximum Gasteiger partial charge on any atom is 0.147 e. The number of nitrogens with zero attached hydrogens (tertiary/aromatic N) is 3. The average molecular weight is 286 g/mol. The Morgan fingerprint density at radius 1 is 1.29 bits per heavy atom. The monoisotopic (exact) mass is 286 g/mol. The second-order valence-electron chi connectivity index (χ2n) is 4.88. The van der Waals surface area contributed by atoms with E-state index in [9.17, 15) is 0 Å². The van der Waals surface area contributed by atoms with Crippen molar-refractivity contribution in [3.05, 3.63) is 36.0 Å². The molecule has 0 aliphatic heterocycles. The second-order valence-corrected chi connectivity index (χ2v) is 4.88. The van der Waals surface area contributed by atoms with E-state index in [2.05, 4.69) is 17.0 Å². The molecular weight excluding hydrogens is 264 g/mol. The molecule has 21 heavy (non-hydrogen) atoms. The lowest BCUT2D eigenvalue weighted by Crippen LogP contribution is -2.04. The van der Waals surface area contributed by atoms with Gasteiger partial charge in [-0.15, -0.1) is 0 Å². The maximum absolute atomic E-state index is 6.06. The minimum absolute atomic E-state index is 0.621. The highest BCUT2D eigenvalue weighted by Gasteiger charge is 2.05. The molecule has 2 aromatic rings. The molecule has 0 saturated heterocycles. The third-order valence-electron chi connectivity index (χ3n) is 3.30. The normalized spacial score (nSPS) is 11.1. The molecule has 2 rings (SSSR count). The number of nitrogens with two attached hydrogens (primary N) is 1. The molecule has 0 unspecified atom stereocenters. The summed E-state index contributed by atoms with van der Waals surface area (Å²) in [5.41, 5.74) is 7.77. The first-order valence-electron chi connectivity index (χ1n) is 7.24. The largest absolute Gasteiger partial charge is 0.497 e. The molecule has 0 fully saturated rings. The van der Waals surface area contributed by atoms with Crippen LogP contribution in [-0.4, -0.2) is 23.1 Å². The molecule has 0 radical (unpaired) electrons. The third-order valence-corrected chi connectivity index (χ3v) is 3.30. The van der Waals surface area contributed by atoms with Gasteiger partial charge in [-0.05, 0) is 36.2 Å². The maximum atomic E-state index is 6.06. The van der Waals surface area contributed by atoms with Crippen LogP contribution in [-0.2, 0) is 6.54 Å². The summed E-state index contributed by atoms with van der Waals surface area (Å²) in [6.45, 7) is 3.02. The molecular formula is C16H22N4O. The quantitative estimate of drug-likeness (QED) is 0.626. The topological polar surface area (TPSA) is 65.4 Å². The summed E-state index contributed by atoms with van der Waals surface area (Å²) in [5.74, 6) is 1.45. The molecule has 0 saturated carbocycles. The van der Waals surface area contributed by atoms with Crippen molar-refractivity contribution in [2.45, 2.75) is 32.7 Å². The van der Waals surface area contributed by atoms with Crippen molar-refractivity contribution in [3.8, 4) is 5.75 Å². The Hall–Kier alpha value is -2.30. The molecule has 0 atom stereocenters. The first kappa shape index (κ1) is 15.1. The lowest BCUT2D eigenvalue weighted by Gasteiger charge is -2.03. The van der Waals surface area contributed by atoms with Gasteiger partial charge in [-0.3, -0.25) is 4.99 Å². The summed E-state index contributed by atoms with van der Waals surface area (Å²) in [6.07, 6.45) is 6.95. The highest BCUT2D eigenvalue weighted by Crippen LogP contribution is 2.21. The Balaban J connectivity index is 2.03. The minimum atomic E-state index is 0.621. The number of hydrogen-bond acceptors (Lipinski definition) is 4. The highest BCUT2D eigenvalue weighted by molar-refractivity contribution is 5.83. The fourth-order valence-electron chi connectivity index (χ4n) is 2.01. The summed E-state index contributed by atoms with van der Waals surface area (Å²) in [5, 5.41) is 4.29. The van der Waals surface area contributed by atoms with Gasteiger partial charge in [0.05, 0.1) is 13.3 Å². The standard InChI is InChI=1S/C16H22N4O/c1-3-4-5-10-20-16(17)15(12-19-20)18-11-13-6-8-14(21-2)9-7-13/h6-9,11-12H,3-5,10,17H2,1-2H3/b18-11+. The predicted octanol–water partition coefficient (Wildman–Crippen LogP) is 3.41. The number of aryl methyl sites for hydroxylation is 1. The van der Waals surface area contributed by atoms with Crippen LogP contribution in [0.1, 0.15) is 31.7 Å². The molecule has 0 aliphatic rings. The number of ether oxygens (including phenoxy) is 1. The molecule has 5 nitrogen and oxygen atoms in total. The van der Waals surface area contributed by atoms with E-state index in [1.807, 2.05) is 28.9 Å². The smallest absolute Gasteiger partial charge is 0.147 e. The van der Waals surface area contributed by atoms with Crippen LogP contribution < -0.4 is 10.5 Å². The summed E-state index contributed by atoms with van der Waals surface area (Å²) in [6, 6.07) is 7.70. The van der Waals surface area contributed by atoms with Crippen molar-refractivity contribution in [1.29, 1.82) is 0 Å². The molecule has 1 aromatic carbocycles. The number of unbranched alkanes of at least 4 members (excludes halogenated alkanes) is 2. The number of nitrogen functional groups attached to an aromatic ring is 1. The van der Waals surface area contributed by atoms with Crippen LogP contribution in [0.15, 0.2) is 35.5 Å². The van der Waals surface area contributed by atoms with Gasteiger partial charge in [0.1, 0.15) is 17.3 Å². The van der Waals surface area contributed by atoms with Crippen molar-refractivity contribution in [3.63, 3.8) is 0 Å². The second kappa shape index (κ2) is 7.47. The van der Waals surface area contributed by atoms with Gasteiger partial charge in [0.25, 0.3) is 0 Å². The highest BCUT2D eigenvalue weighted by atomic mass is 16.5. The zero-order valence-corrected chi connectivity index (χ0v) is 12.6.